The van der Waals surface area contributed by atoms with Gasteiger partial charge in [-0.2, -0.15) is 0 Å². The third-order valence-corrected chi connectivity index (χ3v) is 6.10. The highest BCUT2D eigenvalue weighted by molar-refractivity contribution is 7.90. The van der Waals surface area contributed by atoms with Gasteiger partial charge in [-0.3, -0.25) is 4.79 Å². The van der Waals surface area contributed by atoms with Gasteiger partial charge in [0.05, 0.1) is 0 Å². The fourth-order valence-corrected chi connectivity index (χ4v) is 3.87. The summed E-state index contributed by atoms with van der Waals surface area (Å²) in [7, 11) is -3.85. The van der Waals surface area contributed by atoms with Gasteiger partial charge in [0.2, 0.25) is 15.9 Å². The summed E-state index contributed by atoms with van der Waals surface area (Å²) < 4.78 is 23.2. The van der Waals surface area contributed by atoms with Gasteiger partial charge in [-0.15, -0.1) is 0 Å². The fourth-order valence-electron chi connectivity index (χ4n) is 2.95. The van der Waals surface area contributed by atoms with Crippen LogP contribution in [0.25, 0.3) is 0 Å². The molecule has 20 heavy (non-hydrogen) atoms. The molecule has 0 spiro atoms. The Hall–Kier alpha value is -0.620. The number of sulfonamides is 1. The zero-order chi connectivity index (χ0) is 15.6. The molecule has 0 bridgehead atoms. The van der Waals surface area contributed by atoms with Crippen LogP contribution in [0.15, 0.2) is 0 Å². The molecule has 0 aliphatic heterocycles. The average molecular weight is 304 g/mol. The maximum absolute atomic E-state index is 12.4. The number of carbonyl (C=O) groups excluding carboxylic acids is 1. The molecule has 3 N–H and O–H groups in total. The molecule has 1 rings (SSSR count). The molecular formula is C14H28N2O3S. The lowest BCUT2D eigenvalue weighted by Crippen LogP contribution is -2.60. The second-order valence-electron chi connectivity index (χ2n) is 6.78. The van der Waals surface area contributed by atoms with Gasteiger partial charge >= 0.3 is 0 Å². The van der Waals surface area contributed by atoms with E-state index in [4.69, 9.17) is 5.14 Å². The number of hydrogen-bond acceptors (Lipinski definition) is 3. The molecule has 0 saturated heterocycles. The maximum atomic E-state index is 12.4. The Balaban J connectivity index is 2.92. The van der Waals surface area contributed by atoms with Crippen molar-refractivity contribution in [1.82, 2.24) is 5.32 Å². The van der Waals surface area contributed by atoms with Crippen LogP contribution in [-0.4, -0.2) is 25.1 Å². The SMILES string of the molecule is CCCC(C(=O)NC1(C)CCCCC1(C)C)S(N)(=O)=O. The van der Waals surface area contributed by atoms with Gasteiger partial charge < -0.3 is 5.32 Å². The van der Waals surface area contributed by atoms with Crippen LogP contribution in [0, 0.1) is 5.41 Å². The van der Waals surface area contributed by atoms with Crippen LogP contribution in [0.5, 0.6) is 0 Å². The predicted octanol–water partition coefficient (Wildman–Crippen LogP) is 1.92. The van der Waals surface area contributed by atoms with Crippen molar-refractivity contribution >= 4 is 15.9 Å². The Morgan fingerprint density at radius 1 is 1.25 bits per heavy atom. The molecule has 0 radical (unpaired) electrons. The van der Waals surface area contributed by atoms with Crippen molar-refractivity contribution in [3.63, 3.8) is 0 Å². The Bertz CT molecular complexity index is 459. The maximum Gasteiger partial charge on any atom is 0.240 e. The minimum absolute atomic E-state index is 0.0456. The van der Waals surface area contributed by atoms with E-state index in [2.05, 4.69) is 19.2 Å². The molecule has 1 aliphatic carbocycles. The van der Waals surface area contributed by atoms with Crippen LogP contribution in [0.1, 0.15) is 66.2 Å². The highest BCUT2D eigenvalue weighted by Crippen LogP contribution is 2.43. The predicted molar refractivity (Wildman–Crippen MR) is 80.6 cm³/mol. The van der Waals surface area contributed by atoms with Gasteiger partial charge in [0.15, 0.2) is 5.25 Å². The Labute approximate surface area is 122 Å². The van der Waals surface area contributed by atoms with Crippen LogP contribution >= 0.6 is 0 Å². The first-order chi connectivity index (χ1) is 9.03. The van der Waals surface area contributed by atoms with Crippen molar-refractivity contribution in [2.24, 2.45) is 10.6 Å². The smallest absolute Gasteiger partial charge is 0.240 e. The molecule has 0 heterocycles. The van der Waals surface area contributed by atoms with Crippen LogP contribution in [0.4, 0.5) is 0 Å². The summed E-state index contributed by atoms with van der Waals surface area (Å²) in [5, 5.41) is 7.04. The fraction of sp³-hybridized carbons (Fsp3) is 0.929. The highest BCUT2D eigenvalue weighted by atomic mass is 32.2. The van der Waals surface area contributed by atoms with Crippen LogP contribution < -0.4 is 10.5 Å². The van der Waals surface area contributed by atoms with Crippen LogP contribution in [0.2, 0.25) is 0 Å². The van der Waals surface area contributed by atoms with E-state index < -0.39 is 21.2 Å². The van der Waals surface area contributed by atoms with Crippen LogP contribution in [-0.2, 0) is 14.8 Å². The minimum Gasteiger partial charge on any atom is -0.349 e. The summed E-state index contributed by atoms with van der Waals surface area (Å²) >= 11 is 0. The number of carbonyl (C=O) groups is 1. The number of primary sulfonamides is 1. The average Bonchev–Trinajstić information content (AvgIpc) is 2.28. The molecule has 118 valence electrons. The van der Waals surface area contributed by atoms with Gasteiger partial charge in [-0.1, -0.05) is 40.0 Å². The largest absolute Gasteiger partial charge is 0.349 e. The molecule has 1 amide bonds. The standard InChI is InChI=1S/C14H28N2O3S/c1-5-8-11(20(15,18)19)12(17)16-14(4)10-7-6-9-13(14,2)3/h11H,5-10H2,1-4H3,(H,16,17)(H2,15,18,19). The highest BCUT2D eigenvalue weighted by Gasteiger charge is 2.45. The zero-order valence-electron chi connectivity index (χ0n) is 13.0. The molecule has 1 saturated carbocycles. The molecule has 2 atom stereocenters. The van der Waals surface area contributed by atoms with Crippen molar-refractivity contribution in [1.29, 1.82) is 0 Å². The van der Waals surface area contributed by atoms with E-state index in [1.807, 2.05) is 13.8 Å². The van der Waals surface area contributed by atoms with Crippen molar-refractivity contribution in [2.75, 3.05) is 0 Å². The second-order valence-corrected chi connectivity index (χ2v) is 8.53. The number of nitrogens with one attached hydrogen (secondary N) is 1. The summed E-state index contributed by atoms with van der Waals surface area (Å²) in [4.78, 5) is 12.4. The molecule has 0 aromatic carbocycles. The van der Waals surface area contributed by atoms with Crippen molar-refractivity contribution < 1.29 is 13.2 Å². The van der Waals surface area contributed by atoms with Gasteiger partial charge in [0.25, 0.3) is 0 Å². The lowest BCUT2D eigenvalue weighted by molar-refractivity contribution is -0.125. The molecule has 0 aromatic heterocycles. The number of nitrogens with two attached hydrogens (primary N) is 1. The Kier molecular flexibility index (Phi) is 5.24. The molecular weight excluding hydrogens is 276 g/mol. The first-order valence-corrected chi connectivity index (χ1v) is 8.98. The number of rotatable bonds is 5. The zero-order valence-corrected chi connectivity index (χ0v) is 13.8. The van der Waals surface area contributed by atoms with Gasteiger partial charge in [0, 0.05) is 5.54 Å². The monoisotopic (exact) mass is 304 g/mol. The van der Waals surface area contributed by atoms with E-state index in [1.165, 1.54) is 0 Å². The molecule has 1 fully saturated rings. The summed E-state index contributed by atoms with van der Waals surface area (Å²) in [6.45, 7) is 8.10. The van der Waals surface area contributed by atoms with Crippen molar-refractivity contribution in [3.8, 4) is 0 Å². The number of amides is 1. The summed E-state index contributed by atoms with van der Waals surface area (Å²) in [6, 6.07) is 0. The number of hydrogen-bond donors (Lipinski definition) is 2. The lowest BCUT2D eigenvalue weighted by Gasteiger charge is -2.49. The van der Waals surface area contributed by atoms with Gasteiger partial charge in [0.1, 0.15) is 0 Å². The van der Waals surface area contributed by atoms with Gasteiger partial charge in [-0.05, 0) is 31.6 Å². The third kappa shape index (κ3) is 3.73. The molecule has 1 aliphatic rings. The van der Waals surface area contributed by atoms with Crippen LogP contribution in [0.3, 0.4) is 0 Å². The van der Waals surface area contributed by atoms with Crippen molar-refractivity contribution in [3.05, 3.63) is 0 Å². The first kappa shape index (κ1) is 17.4. The first-order valence-electron chi connectivity index (χ1n) is 7.37. The van der Waals surface area contributed by atoms with E-state index in [0.29, 0.717) is 6.42 Å². The normalized spacial score (nSPS) is 27.9. The summed E-state index contributed by atoms with van der Waals surface area (Å²) in [5.74, 6) is -0.452. The molecule has 0 aromatic rings. The Morgan fingerprint density at radius 2 is 1.80 bits per heavy atom. The van der Waals surface area contributed by atoms with E-state index in [-0.39, 0.29) is 17.4 Å². The van der Waals surface area contributed by atoms with E-state index in [9.17, 15) is 13.2 Å². The third-order valence-electron chi connectivity index (χ3n) is 4.86. The summed E-state index contributed by atoms with van der Waals surface area (Å²) in [5.41, 5.74) is -0.422. The summed E-state index contributed by atoms with van der Waals surface area (Å²) in [6.07, 6.45) is 4.96. The second kappa shape index (κ2) is 6.02. The van der Waals surface area contributed by atoms with E-state index in [0.717, 1.165) is 25.7 Å². The molecule has 2 unspecified atom stereocenters. The van der Waals surface area contributed by atoms with E-state index >= 15 is 0 Å². The van der Waals surface area contributed by atoms with E-state index in [1.54, 1.807) is 0 Å². The molecule has 5 nitrogen and oxygen atoms in total. The quantitative estimate of drug-likeness (QED) is 0.813. The minimum atomic E-state index is -3.85. The molecule has 6 heteroatoms. The lowest BCUT2D eigenvalue weighted by atomic mass is 9.64. The topological polar surface area (TPSA) is 89.3 Å². The van der Waals surface area contributed by atoms with Gasteiger partial charge in [-0.25, -0.2) is 13.6 Å². The Morgan fingerprint density at radius 3 is 2.25 bits per heavy atom. The van der Waals surface area contributed by atoms with Crippen molar-refractivity contribution in [2.45, 2.75) is 77.0 Å².